The highest BCUT2D eigenvalue weighted by Crippen LogP contribution is 2.15. The van der Waals surface area contributed by atoms with Gasteiger partial charge in [0.1, 0.15) is 11.6 Å². The molecular weight excluding hydrogens is 206 g/mol. The summed E-state index contributed by atoms with van der Waals surface area (Å²) >= 11 is 0. The molecule has 0 aromatic carbocycles. The van der Waals surface area contributed by atoms with Crippen molar-refractivity contribution in [3.8, 4) is 5.88 Å². The summed E-state index contributed by atoms with van der Waals surface area (Å²) < 4.78 is 4.95. The van der Waals surface area contributed by atoms with E-state index in [1.807, 2.05) is 6.07 Å². The van der Waals surface area contributed by atoms with Crippen molar-refractivity contribution in [1.29, 1.82) is 0 Å². The third kappa shape index (κ3) is 2.35. The summed E-state index contributed by atoms with van der Waals surface area (Å²) in [5.74, 6) is 1.56. The largest absolute Gasteiger partial charge is 0.481 e. The number of pyridine rings is 1. The number of ether oxygens (including phenoxy) is 1. The quantitative estimate of drug-likeness (QED) is 0.803. The predicted molar refractivity (Wildman–Crippen MR) is 60.5 cm³/mol. The molecule has 0 bridgehead atoms. The van der Waals surface area contributed by atoms with Gasteiger partial charge in [-0.3, -0.25) is 0 Å². The lowest BCUT2D eigenvalue weighted by molar-refractivity contribution is 0.398. The minimum atomic E-state index is 0.387. The Morgan fingerprint density at radius 1 is 1.12 bits per heavy atom. The molecule has 0 aliphatic carbocycles. The van der Waals surface area contributed by atoms with Crippen LogP contribution in [0.4, 0.5) is 17.3 Å². The lowest BCUT2D eigenvalue weighted by atomic mass is 10.4. The second-order valence-corrected chi connectivity index (χ2v) is 3.04. The highest BCUT2D eigenvalue weighted by Gasteiger charge is 1.98. The van der Waals surface area contributed by atoms with E-state index in [1.54, 1.807) is 25.6 Å². The molecule has 0 spiro atoms. The van der Waals surface area contributed by atoms with Gasteiger partial charge < -0.3 is 15.8 Å². The maximum absolute atomic E-state index is 5.43. The van der Waals surface area contributed by atoms with E-state index in [0.29, 0.717) is 17.5 Å². The van der Waals surface area contributed by atoms with Gasteiger partial charge in [0.25, 0.3) is 0 Å². The number of nitrogens with zero attached hydrogens (tertiary/aromatic N) is 3. The van der Waals surface area contributed by atoms with Crippen molar-refractivity contribution in [2.24, 2.45) is 0 Å². The van der Waals surface area contributed by atoms with Crippen LogP contribution >= 0.6 is 0 Å². The first-order valence-electron chi connectivity index (χ1n) is 4.62. The molecule has 6 nitrogen and oxygen atoms in total. The fraction of sp³-hybridized carbons (Fsp3) is 0.100. The topological polar surface area (TPSA) is 86.0 Å². The fourth-order valence-electron chi connectivity index (χ4n) is 1.13. The molecule has 0 atom stereocenters. The molecule has 0 unspecified atom stereocenters. The Morgan fingerprint density at radius 3 is 2.56 bits per heavy atom. The summed E-state index contributed by atoms with van der Waals surface area (Å²) in [6.45, 7) is 0. The van der Waals surface area contributed by atoms with Gasteiger partial charge in [0.15, 0.2) is 0 Å². The van der Waals surface area contributed by atoms with Gasteiger partial charge in [-0.1, -0.05) is 0 Å². The van der Waals surface area contributed by atoms with Gasteiger partial charge in [-0.15, -0.1) is 0 Å². The minimum Gasteiger partial charge on any atom is -0.481 e. The molecule has 0 aliphatic rings. The van der Waals surface area contributed by atoms with Crippen molar-refractivity contribution >= 4 is 17.3 Å². The number of aromatic nitrogens is 3. The molecule has 2 rings (SSSR count). The molecule has 2 aromatic heterocycles. The van der Waals surface area contributed by atoms with Gasteiger partial charge in [-0.05, 0) is 6.07 Å². The van der Waals surface area contributed by atoms with E-state index in [4.69, 9.17) is 10.5 Å². The summed E-state index contributed by atoms with van der Waals surface area (Å²) in [5, 5.41) is 3.04. The van der Waals surface area contributed by atoms with Gasteiger partial charge in [0.05, 0.1) is 31.4 Å². The highest BCUT2D eigenvalue weighted by atomic mass is 16.5. The molecule has 0 radical (unpaired) electrons. The first kappa shape index (κ1) is 10.2. The van der Waals surface area contributed by atoms with Gasteiger partial charge in [-0.2, -0.15) is 0 Å². The number of nitrogens with one attached hydrogen (secondary N) is 1. The monoisotopic (exact) mass is 217 g/mol. The van der Waals surface area contributed by atoms with Crippen LogP contribution in [0.3, 0.4) is 0 Å². The first-order valence-corrected chi connectivity index (χ1v) is 4.62. The molecule has 2 aromatic rings. The third-order valence-electron chi connectivity index (χ3n) is 1.89. The van der Waals surface area contributed by atoms with Gasteiger partial charge >= 0.3 is 0 Å². The third-order valence-corrected chi connectivity index (χ3v) is 1.89. The average Bonchev–Trinajstić information content (AvgIpc) is 2.33. The van der Waals surface area contributed by atoms with Crippen LogP contribution < -0.4 is 15.8 Å². The predicted octanol–water partition coefficient (Wildman–Crippen LogP) is 1.21. The second kappa shape index (κ2) is 4.43. The summed E-state index contributed by atoms with van der Waals surface area (Å²) in [5.41, 5.74) is 6.23. The molecular formula is C10H11N5O. The SMILES string of the molecule is COc1ccc(Nc2cnc(N)cn2)cn1. The van der Waals surface area contributed by atoms with Gasteiger partial charge in [0.2, 0.25) is 5.88 Å². The molecule has 16 heavy (non-hydrogen) atoms. The maximum atomic E-state index is 5.43. The zero-order valence-corrected chi connectivity index (χ0v) is 8.71. The van der Waals surface area contributed by atoms with Crippen LogP contribution in [-0.2, 0) is 0 Å². The van der Waals surface area contributed by atoms with Crippen molar-refractivity contribution in [3.05, 3.63) is 30.7 Å². The number of nitrogen functional groups attached to an aromatic ring is 1. The van der Waals surface area contributed by atoms with E-state index < -0.39 is 0 Å². The van der Waals surface area contributed by atoms with Crippen LogP contribution in [0.5, 0.6) is 5.88 Å². The number of anilines is 3. The van der Waals surface area contributed by atoms with Crippen molar-refractivity contribution in [3.63, 3.8) is 0 Å². The molecule has 0 saturated heterocycles. The summed E-state index contributed by atoms with van der Waals surface area (Å²) in [6.07, 6.45) is 4.69. The Bertz CT molecular complexity index is 454. The van der Waals surface area contributed by atoms with Crippen molar-refractivity contribution in [2.75, 3.05) is 18.2 Å². The molecule has 2 heterocycles. The maximum Gasteiger partial charge on any atom is 0.213 e. The van der Waals surface area contributed by atoms with Crippen molar-refractivity contribution < 1.29 is 4.74 Å². The Hall–Kier alpha value is -2.37. The summed E-state index contributed by atoms with van der Waals surface area (Å²) in [6, 6.07) is 3.59. The molecule has 3 N–H and O–H groups in total. The number of hydrogen-bond acceptors (Lipinski definition) is 6. The Morgan fingerprint density at radius 2 is 2.00 bits per heavy atom. The molecule has 82 valence electrons. The van der Waals surface area contributed by atoms with Crippen LogP contribution in [0.15, 0.2) is 30.7 Å². The van der Waals surface area contributed by atoms with Gasteiger partial charge in [0, 0.05) is 6.07 Å². The molecule has 0 amide bonds. The van der Waals surface area contributed by atoms with Crippen molar-refractivity contribution in [2.45, 2.75) is 0 Å². The lowest BCUT2D eigenvalue weighted by Crippen LogP contribution is -1.97. The zero-order chi connectivity index (χ0) is 11.4. The number of methoxy groups -OCH3 is 1. The van der Waals surface area contributed by atoms with Crippen LogP contribution in [0.1, 0.15) is 0 Å². The number of hydrogen-bond donors (Lipinski definition) is 2. The normalized spacial score (nSPS) is 9.81. The Labute approximate surface area is 92.5 Å². The number of nitrogens with two attached hydrogens (primary N) is 1. The lowest BCUT2D eigenvalue weighted by Gasteiger charge is -2.05. The molecule has 0 fully saturated rings. The van der Waals surface area contributed by atoms with Crippen LogP contribution in [0.2, 0.25) is 0 Å². The zero-order valence-electron chi connectivity index (χ0n) is 8.71. The first-order chi connectivity index (χ1) is 7.78. The van der Waals surface area contributed by atoms with E-state index in [-0.39, 0.29) is 0 Å². The number of rotatable bonds is 3. The molecule has 6 heteroatoms. The van der Waals surface area contributed by atoms with Crippen molar-refractivity contribution in [1.82, 2.24) is 15.0 Å². The summed E-state index contributed by atoms with van der Waals surface area (Å²) in [4.78, 5) is 12.0. The van der Waals surface area contributed by atoms with Gasteiger partial charge in [-0.25, -0.2) is 15.0 Å². The van der Waals surface area contributed by atoms with E-state index in [9.17, 15) is 0 Å². The Kier molecular flexibility index (Phi) is 2.81. The van der Waals surface area contributed by atoms with E-state index in [1.165, 1.54) is 6.20 Å². The Balaban J connectivity index is 2.11. The van der Waals surface area contributed by atoms with E-state index in [2.05, 4.69) is 20.3 Å². The molecule has 0 aliphatic heterocycles. The smallest absolute Gasteiger partial charge is 0.213 e. The highest BCUT2D eigenvalue weighted by molar-refractivity contribution is 5.54. The summed E-state index contributed by atoms with van der Waals surface area (Å²) in [7, 11) is 1.57. The minimum absolute atomic E-state index is 0.387. The van der Waals surface area contributed by atoms with Crippen LogP contribution in [0.25, 0.3) is 0 Å². The van der Waals surface area contributed by atoms with Crippen LogP contribution in [-0.4, -0.2) is 22.1 Å². The standard InChI is InChI=1S/C10H11N5O/c1-16-10-3-2-7(4-14-10)15-9-6-12-8(11)5-13-9/h2-6H,1H3,(H2,11,12)(H,13,15). The van der Waals surface area contributed by atoms with Crippen LogP contribution in [0, 0.1) is 0 Å². The van der Waals surface area contributed by atoms with E-state index in [0.717, 1.165) is 5.69 Å². The average molecular weight is 217 g/mol. The molecule has 0 saturated carbocycles. The fourth-order valence-corrected chi connectivity index (χ4v) is 1.13. The van der Waals surface area contributed by atoms with E-state index >= 15 is 0 Å². The second-order valence-electron chi connectivity index (χ2n) is 3.04.